The van der Waals surface area contributed by atoms with Crippen LogP contribution in [0.2, 0.25) is 0 Å². The minimum atomic E-state index is -0.219. The summed E-state index contributed by atoms with van der Waals surface area (Å²) in [5, 5.41) is 10.5. The van der Waals surface area contributed by atoms with Crippen LogP contribution in [0.4, 0.5) is 5.95 Å². The van der Waals surface area contributed by atoms with Gasteiger partial charge in [-0.3, -0.25) is 15.2 Å². The minimum absolute atomic E-state index is 0.160. The SMILES string of the molecule is COc1ccc2c(CC(=O)Nc3n[nH]c(-c4ccc(C)cc4)n3)coc2c1. The van der Waals surface area contributed by atoms with Crippen LogP contribution in [0.1, 0.15) is 11.1 Å². The first-order valence-corrected chi connectivity index (χ1v) is 8.46. The highest BCUT2D eigenvalue weighted by atomic mass is 16.5. The molecule has 0 aliphatic carbocycles. The number of methoxy groups -OCH3 is 1. The maximum atomic E-state index is 12.4. The van der Waals surface area contributed by atoms with Crippen LogP contribution in [-0.2, 0) is 11.2 Å². The molecule has 0 atom stereocenters. The van der Waals surface area contributed by atoms with E-state index in [1.807, 2.05) is 43.3 Å². The quantitative estimate of drug-likeness (QED) is 0.564. The lowest BCUT2D eigenvalue weighted by molar-refractivity contribution is -0.115. The Balaban J connectivity index is 1.46. The highest BCUT2D eigenvalue weighted by Crippen LogP contribution is 2.26. The highest BCUT2D eigenvalue weighted by Gasteiger charge is 2.13. The summed E-state index contributed by atoms with van der Waals surface area (Å²) >= 11 is 0. The third kappa shape index (κ3) is 3.52. The van der Waals surface area contributed by atoms with Crippen LogP contribution < -0.4 is 10.1 Å². The fourth-order valence-electron chi connectivity index (χ4n) is 2.83. The molecule has 7 heteroatoms. The molecule has 2 N–H and O–H groups in total. The number of nitrogens with one attached hydrogen (secondary N) is 2. The standard InChI is InChI=1S/C20H18N4O3/c1-12-3-5-13(6-4-12)19-22-20(24-23-19)21-18(25)9-14-11-27-17-10-15(26-2)7-8-16(14)17/h3-8,10-11H,9H2,1-2H3,(H2,21,22,23,24,25). The van der Waals surface area contributed by atoms with E-state index < -0.39 is 0 Å². The van der Waals surface area contributed by atoms with E-state index >= 15 is 0 Å². The average Bonchev–Trinajstić information content (AvgIpc) is 3.29. The number of hydrogen-bond donors (Lipinski definition) is 2. The molecule has 136 valence electrons. The summed E-state index contributed by atoms with van der Waals surface area (Å²) in [4.78, 5) is 16.7. The Bertz CT molecular complexity index is 1100. The second kappa shape index (κ2) is 6.95. The van der Waals surface area contributed by atoms with Gasteiger partial charge in [-0.15, -0.1) is 5.10 Å². The Hall–Kier alpha value is -3.61. The van der Waals surface area contributed by atoms with Crippen molar-refractivity contribution in [2.45, 2.75) is 13.3 Å². The summed E-state index contributed by atoms with van der Waals surface area (Å²) in [6.45, 7) is 2.02. The zero-order valence-electron chi connectivity index (χ0n) is 14.9. The molecule has 0 fully saturated rings. The zero-order valence-corrected chi connectivity index (χ0v) is 14.9. The maximum Gasteiger partial charge on any atom is 0.249 e. The van der Waals surface area contributed by atoms with Crippen LogP contribution in [0.5, 0.6) is 5.75 Å². The predicted molar refractivity (Wildman–Crippen MR) is 102 cm³/mol. The van der Waals surface area contributed by atoms with Gasteiger partial charge in [0, 0.05) is 22.6 Å². The van der Waals surface area contributed by atoms with E-state index in [4.69, 9.17) is 9.15 Å². The molecule has 0 bridgehead atoms. The van der Waals surface area contributed by atoms with E-state index in [0.29, 0.717) is 17.2 Å². The lowest BCUT2D eigenvalue weighted by Gasteiger charge is -2.01. The summed E-state index contributed by atoms with van der Waals surface area (Å²) in [5.41, 5.74) is 3.54. The Morgan fingerprint density at radius 1 is 1.22 bits per heavy atom. The van der Waals surface area contributed by atoms with Gasteiger partial charge in [-0.1, -0.05) is 29.8 Å². The molecule has 0 aliphatic rings. The number of rotatable bonds is 5. The smallest absolute Gasteiger partial charge is 0.249 e. The van der Waals surface area contributed by atoms with Crippen LogP contribution in [0, 0.1) is 6.92 Å². The number of aryl methyl sites for hydroxylation is 1. The Morgan fingerprint density at radius 2 is 2.04 bits per heavy atom. The lowest BCUT2D eigenvalue weighted by Crippen LogP contribution is -2.15. The number of benzene rings is 2. The number of carbonyl (C=O) groups is 1. The van der Waals surface area contributed by atoms with Crippen molar-refractivity contribution in [3.8, 4) is 17.1 Å². The van der Waals surface area contributed by atoms with Gasteiger partial charge in [0.1, 0.15) is 11.3 Å². The zero-order chi connectivity index (χ0) is 18.8. The third-order valence-corrected chi connectivity index (χ3v) is 4.28. The van der Waals surface area contributed by atoms with Gasteiger partial charge in [0.05, 0.1) is 19.8 Å². The summed E-state index contributed by atoms with van der Waals surface area (Å²) in [6.07, 6.45) is 1.74. The van der Waals surface area contributed by atoms with Crippen molar-refractivity contribution in [2.75, 3.05) is 12.4 Å². The van der Waals surface area contributed by atoms with Gasteiger partial charge in [-0.2, -0.15) is 4.98 Å². The van der Waals surface area contributed by atoms with Crippen molar-refractivity contribution in [3.05, 3.63) is 59.9 Å². The first-order chi connectivity index (χ1) is 13.1. The van der Waals surface area contributed by atoms with Crippen LogP contribution >= 0.6 is 0 Å². The average molecular weight is 362 g/mol. The molecule has 2 aromatic heterocycles. The first-order valence-electron chi connectivity index (χ1n) is 8.46. The second-order valence-electron chi connectivity index (χ2n) is 6.22. The van der Waals surface area contributed by atoms with Crippen molar-refractivity contribution in [1.29, 1.82) is 0 Å². The number of hydrogen-bond acceptors (Lipinski definition) is 5. The monoisotopic (exact) mass is 362 g/mol. The van der Waals surface area contributed by atoms with Gasteiger partial charge in [-0.05, 0) is 19.1 Å². The highest BCUT2D eigenvalue weighted by molar-refractivity contribution is 5.94. The van der Waals surface area contributed by atoms with Gasteiger partial charge >= 0.3 is 0 Å². The fourth-order valence-corrected chi connectivity index (χ4v) is 2.83. The Morgan fingerprint density at radius 3 is 2.81 bits per heavy atom. The van der Waals surface area contributed by atoms with E-state index in [0.717, 1.165) is 22.1 Å². The summed E-state index contributed by atoms with van der Waals surface area (Å²) in [7, 11) is 1.60. The van der Waals surface area contributed by atoms with E-state index in [-0.39, 0.29) is 18.3 Å². The summed E-state index contributed by atoms with van der Waals surface area (Å²) in [5.74, 6) is 1.33. The topological polar surface area (TPSA) is 93.0 Å². The van der Waals surface area contributed by atoms with Crippen LogP contribution in [0.25, 0.3) is 22.4 Å². The molecule has 0 aliphatic heterocycles. The molecule has 4 rings (SSSR count). The predicted octanol–water partition coefficient (Wildman–Crippen LogP) is 3.72. The van der Waals surface area contributed by atoms with Gasteiger partial charge in [0.25, 0.3) is 0 Å². The second-order valence-corrected chi connectivity index (χ2v) is 6.22. The van der Waals surface area contributed by atoms with Crippen LogP contribution in [0.15, 0.2) is 53.1 Å². The number of H-pyrrole nitrogens is 1. The van der Waals surface area contributed by atoms with E-state index in [9.17, 15) is 4.79 Å². The number of furan rings is 1. The lowest BCUT2D eigenvalue weighted by atomic mass is 10.1. The van der Waals surface area contributed by atoms with E-state index in [1.54, 1.807) is 19.4 Å². The largest absolute Gasteiger partial charge is 0.497 e. The minimum Gasteiger partial charge on any atom is -0.497 e. The molecular weight excluding hydrogens is 344 g/mol. The maximum absolute atomic E-state index is 12.4. The normalized spacial score (nSPS) is 10.9. The van der Waals surface area contributed by atoms with Crippen molar-refractivity contribution in [3.63, 3.8) is 0 Å². The molecule has 4 aromatic rings. The van der Waals surface area contributed by atoms with E-state index in [1.165, 1.54) is 0 Å². The Kier molecular flexibility index (Phi) is 4.33. The van der Waals surface area contributed by atoms with Crippen molar-refractivity contribution in [2.24, 2.45) is 0 Å². The molecule has 2 aromatic carbocycles. The molecule has 0 radical (unpaired) electrons. The molecule has 1 amide bonds. The van der Waals surface area contributed by atoms with Crippen LogP contribution in [-0.4, -0.2) is 28.2 Å². The number of anilines is 1. The molecule has 0 spiro atoms. The molecule has 27 heavy (non-hydrogen) atoms. The number of fused-ring (bicyclic) bond motifs is 1. The van der Waals surface area contributed by atoms with Gasteiger partial charge < -0.3 is 9.15 Å². The summed E-state index contributed by atoms with van der Waals surface area (Å²) in [6, 6.07) is 13.4. The number of amides is 1. The number of aromatic nitrogens is 3. The van der Waals surface area contributed by atoms with Crippen molar-refractivity contribution >= 4 is 22.8 Å². The van der Waals surface area contributed by atoms with Crippen molar-refractivity contribution < 1.29 is 13.9 Å². The number of carbonyl (C=O) groups excluding carboxylic acids is 1. The fraction of sp³-hybridized carbons (Fsp3) is 0.150. The number of nitrogens with zero attached hydrogens (tertiary/aromatic N) is 2. The third-order valence-electron chi connectivity index (χ3n) is 4.28. The molecule has 0 saturated heterocycles. The van der Waals surface area contributed by atoms with Gasteiger partial charge in [0.15, 0.2) is 5.82 Å². The first kappa shape index (κ1) is 16.8. The molecule has 0 saturated carbocycles. The molecule has 2 heterocycles. The van der Waals surface area contributed by atoms with Gasteiger partial charge in [0.2, 0.25) is 11.9 Å². The van der Waals surface area contributed by atoms with Crippen molar-refractivity contribution in [1.82, 2.24) is 15.2 Å². The molecule has 7 nitrogen and oxygen atoms in total. The molecular formula is C20H18N4O3. The number of ether oxygens (including phenoxy) is 1. The van der Waals surface area contributed by atoms with Crippen LogP contribution in [0.3, 0.4) is 0 Å². The molecule has 0 unspecified atom stereocenters. The Labute approximate surface area is 155 Å². The van der Waals surface area contributed by atoms with Gasteiger partial charge in [-0.25, -0.2) is 0 Å². The summed E-state index contributed by atoms with van der Waals surface area (Å²) < 4.78 is 10.7. The van der Waals surface area contributed by atoms with E-state index in [2.05, 4.69) is 20.5 Å². The number of aromatic amines is 1.